The van der Waals surface area contributed by atoms with E-state index in [1.54, 1.807) is 0 Å². The van der Waals surface area contributed by atoms with Crippen LogP contribution in [0.3, 0.4) is 0 Å². The van der Waals surface area contributed by atoms with Gasteiger partial charge in [-0.05, 0) is 137 Å². The van der Waals surface area contributed by atoms with Gasteiger partial charge in [-0.15, -0.1) is 0 Å². The molecule has 0 aliphatic heterocycles. The van der Waals surface area contributed by atoms with Crippen molar-refractivity contribution in [1.29, 1.82) is 0 Å². The number of guanidine groups is 1. The van der Waals surface area contributed by atoms with Crippen LogP contribution in [0.15, 0.2) is 187 Å². The number of aliphatic imine (C=N–C) groups is 1. The third-order valence-electron chi connectivity index (χ3n) is 15.0. The molecule has 366 valence electrons. The number of hydrogen-bond donors (Lipinski definition) is 4. The number of nitrogens with one attached hydrogen (secondary N) is 2. The lowest BCUT2D eigenvalue weighted by Crippen LogP contribution is -2.35. The van der Waals surface area contributed by atoms with Gasteiger partial charge >= 0.3 is 0 Å². The average molecular weight is 948 g/mol. The molecule has 0 saturated carbocycles. The highest BCUT2D eigenvalue weighted by Gasteiger charge is 2.23. The maximum absolute atomic E-state index is 6.50. The van der Waals surface area contributed by atoms with Gasteiger partial charge in [-0.2, -0.15) is 0 Å². The fraction of sp³-hybridized carbons (Fsp3) is 0.269. The Morgan fingerprint density at radius 2 is 0.833 bits per heavy atom. The van der Waals surface area contributed by atoms with Crippen molar-refractivity contribution in [1.82, 2.24) is 10.6 Å². The van der Waals surface area contributed by atoms with E-state index in [0.717, 1.165) is 32.4 Å². The SMILES string of the molecule is CC(C)(C)c1ccc(-c2cccc3c(CCNCC(C)(C)c4ccc(-c5cccc6c(CCNC(N)=NCC(C)(C)c7ccc(-c8ccc(CCN)c9ccccc89)cc7)cccc56)cc4)cccc23)cc1. The monoisotopic (exact) mass is 948 g/mol. The van der Waals surface area contributed by atoms with E-state index in [0.29, 0.717) is 25.6 Å². The number of hydrogen-bond acceptors (Lipinski definition) is 3. The van der Waals surface area contributed by atoms with E-state index in [-0.39, 0.29) is 16.2 Å². The predicted octanol–water partition coefficient (Wildman–Crippen LogP) is 14.5. The zero-order valence-corrected chi connectivity index (χ0v) is 43.6. The van der Waals surface area contributed by atoms with Gasteiger partial charge in [0.15, 0.2) is 5.96 Å². The lowest BCUT2D eigenvalue weighted by Gasteiger charge is -2.26. The predicted molar refractivity (Wildman–Crippen MR) is 310 cm³/mol. The average Bonchev–Trinajstić information content (AvgIpc) is 3.39. The zero-order valence-electron chi connectivity index (χ0n) is 43.6. The summed E-state index contributed by atoms with van der Waals surface area (Å²) in [4.78, 5) is 4.82. The van der Waals surface area contributed by atoms with Crippen molar-refractivity contribution in [2.45, 2.75) is 84.0 Å². The highest BCUT2D eigenvalue weighted by molar-refractivity contribution is 6.00. The molecule has 0 saturated heterocycles. The summed E-state index contributed by atoms with van der Waals surface area (Å²) in [5, 5.41) is 14.9. The molecule has 0 unspecified atom stereocenters. The molecule has 9 rings (SSSR count). The Morgan fingerprint density at radius 1 is 0.417 bits per heavy atom. The van der Waals surface area contributed by atoms with E-state index in [9.17, 15) is 0 Å². The van der Waals surface area contributed by atoms with Gasteiger partial charge in [-0.1, -0.05) is 230 Å². The second-order valence-electron chi connectivity index (χ2n) is 22.0. The molecule has 0 aliphatic carbocycles. The summed E-state index contributed by atoms with van der Waals surface area (Å²) in [6, 6.07) is 67.2. The lowest BCUT2D eigenvalue weighted by atomic mass is 9.83. The molecule has 0 amide bonds. The van der Waals surface area contributed by atoms with Gasteiger partial charge in [0.2, 0.25) is 0 Å². The quantitative estimate of drug-likeness (QED) is 0.0416. The third kappa shape index (κ3) is 11.0. The van der Waals surface area contributed by atoms with Crippen LogP contribution in [-0.2, 0) is 35.5 Å². The minimum absolute atomic E-state index is 0.0380. The van der Waals surface area contributed by atoms with Gasteiger partial charge < -0.3 is 22.1 Å². The van der Waals surface area contributed by atoms with Crippen molar-refractivity contribution in [2.75, 3.05) is 32.7 Å². The topological polar surface area (TPSA) is 88.5 Å². The Hall–Kier alpha value is -7.05. The van der Waals surface area contributed by atoms with Crippen molar-refractivity contribution in [3.05, 3.63) is 215 Å². The van der Waals surface area contributed by atoms with Crippen LogP contribution in [0.2, 0.25) is 0 Å². The molecule has 0 bridgehead atoms. The van der Waals surface area contributed by atoms with Gasteiger partial charge in [0.05, 0.1) is 6.54 Å². The zero-order chi connectivity index (χ0) is 50.5. The summed E-state index contributed by atoms with van der Waals surface area (Å²) in [7, 11) is 0. The summed E-state index contributed by atoms with van der Waals surface area (Å²) in [6.45, 7) is 19.7. The molecule has 0 heterocycles. The highest BCUT2D eigenvalue weighted by atomic mass is 15.1. The van der Waals surface area contributed by atoms with Crippen molar-refractivity contribution < 1.29 is 0 Å². The van der Waals surface area contributed by atoms with Crippen LogP contribution in [0.1, 0.15) is 81.8 Å². The summed E-state index contributed by atoms with van der Waals surface area (Å²) in [5.74, 6) is 0.472. The second-order valence-corrected chi connectivity index (χ2v) is 22.0. The molecule has 0 spiro atoms. The standard InChI is InChI=1S/C67H73N5/c1-65(2,3)52-31-24-48(25-32-52)58-20-12-18-56-46(14-10-22-62(56)58)39-42-70-44-66(4,5)53-33-26-49(27-34-53)59-21-13-19-57-47(15-11-23-63(57)59)40-43-71-64(69)72-45-67(6,7)54-35-28-50(29-36-54)60-37-30-51(38-41-68)55-16-8-9-17-61(55)60/h8-37,70H,38-45,68H2,1-7H3,(H3,69,71,72). The van der Waals surface area contributed by atoms with Crippen LogP contribution in [0.25, 0.3) is 65.7 Å². The van der Waals surface area contributed by atoms with E-state index in [1.165, 1.54) is 99.1 Å². The van der Waals surface area contributed by atoms with Gasteiger partial charge in [0, 0.05) is 23.9 Å². The van der Waals surface area contributed by atoms with Crippen LogP contribution >= 0.6 is 0 Å². The number of rotatable bonds is 17. The smallest absolute Gasteiger partial charge is 0.188 e. The second kappa shape index (κ2) is 21.3. The Labute approximate surface area is 428 Å². The van der Waals surface area contributed by atoms with E-state index in [4.69, 9.17) is 16.5 Å². The van der Waals surface area contributed by atoms with Gasteiger partial charge in [0.25, 0.3) is 0 Å². The van der Waals surface area contributed by atoms with E-state index in [1.807, 2.05) is 0 Å². The van der Waals surface area contributed by atoms with Crippen molar-refractivity contribution >= 4 is 38.3 Å². The van der Waals surface area contributed by atoms with E-state index in [2.05, 4.69) is 241 Å². The van der Waals surface area contributed by atoms with Crippen LogP contribution in [-0.4, -0.2) is 38.7 Å². The first-order chi connectivity index (χ1) is 34.7. The molecule has 0 atom stereocenters. The maximum atomic E-state index is 6.50. The molecule has 72 heavy (non-hydrogen) atoms. The number of benzene rings is 9. The van der Waals surface area contributed by atoms with Crippen molar-refractivity contribution in [2.24, 2.45) is 16.5 Å². The van der Waals surface area contributed by atoms with Crippen LogP contribution in [0.5, 0.6) is 0 Å². The molecular weight excluding hydrogens is 875 g/mol. The lowest BCUT2D eigenvalue weighted by molar-refractivity contribution is 0.471. The minimum atomic E-state index is -0.195. The molecule has 0 fully saturated rings. The fourth-order valence-electron chi connectivity index (χ4n) is 10.5. The van der Waals surface area contributed by atoms with E-state index >= 15 is 0 Å². The minimum Gasteiger partial charge on any atom is -0.370 e. The Bertz CT molecular complexity index is 3340. The maximum Gasteiger partial charge on any atom is 0.188 e. The van der Waals surface area contributed by atoms with Gasteiger partial charge in [0.1, 0.15) is 0 Å². The normalized spacial score (nSPS) is 12.5. The fourth-order valence-corrected chi connectivity index (χ4v) is 10.5. The number of fused-ring (bicyclic) bond motifs is 3. The first-order valence-electron chi connectivity index (χ1n) is 26.0. The Kier molecular flexibility index (Phi) is 14.8. The summed E-state index contributed by atoms with van der Waals surface area (Å²) < 4.78 is 0. The number of nitrogens with two attached hydrogens (primary N) is 2. The largest absolute Gasteiger partial charge is 0.370 e. The Morgan fingerprint density at radius 3 is 1.35 bits per heavy atom. The molecule has 0 aromatic heterocycles. The van der Waals surface area contributed by atoms with E-state index < -0.39 is 0 Å². The molecule has 0 aliphatic rings. The van der Waals surface area contributed by atoms with Gasteiger partial charge in [-0.3, -0.25) is 4.99 Å². The van der Waals surface area contributed by atoms with Crippen LogP contribution in [0, 0.1) is 0 Å². The first-order valence-corrected chi connectivity index (χ1v) is 26.0. The number of nitrogens with zero attached hydrogens (tertiary/aromatic N) is 1. The molecule has 5 heteroatoms. The highest BCUT2D eigenvalue weighted by Crippen LogP contribution is 2.36. The molecule has 6 N–H and O–H groups in total. The van der Waals surface area contributed by atoms with Crippen LogP contribution < -0.4 is 22.1 Å². The first kappa shape index (κ1) is 49.9. The molecule has 5 nitrogen and oxygen atoms in total. The van der Waals surface area contributed by atoms with Crippen molar-refractivity contribution in [3.63, 3.8) is 0 Å². The summed E-state index contributed by atoms with van der Waals surface area (Å²) >= 11 is 0. The van der Waals surface area contributed by atoms with Crippen LogP contribution in [0.4, 0.5) is 0 Å². The Balaban J connectivity index is 0.789. The molecular formula is C67H73N5. The van der Waals surface area contributed by atoms with Gasteiger partial charge in [-0.25, -0.2) is 0 Å². The molecule has 9 aromatic carbocycles. The summed E-state index contributed by atoms with van der Waals surface area (Å²) in [6.07, 6.45) is 2.67. The molecule has 9 aromatic rings. The third-order valence-corrected chi connectivity index (χ3v) is 15.0. The molecule has 0 radical (unpaired) electrons. The summed E-state index contributed by atoms with van der Waals surface area (Å²) in [5.41, 5.74) is 27.7. The van der Waals surface area contributed by atoms with Crippen molar-refractivity contribution in [3.8, 4) is 33.4 Å².